The molecule has 0 spiro atoms. The molecule has 7 nitrogen and oxygen atoms in total. The predicted molar refractivity (Wildman–Crippen MR) is 97.5 cm³/mol. The first-order valence-electron chi connectivity index (χ1n) is 8.26. The first kappa shape index (κ1) is 16.5. The molecule has 1 aliphatic heterocycles. The molecule has 1 aromatic carbocycles. The van der Waals surface area contributed by atoms with E-state index in [2.05, 4.69) is 16.5 Å². The molecule has 0 bridgehead atoms. The molecule has 3 aromatic rings. The zero-order chi connectivity index (χ0) is 18.1. The molecule has 2 aromatic heterocycles. The van der Waals surface area contributed by atoms with Gasteiger partial charge in [0, 0.05) is 24.9 Å². The van der Waals surface area contributed by atoms with Gasteiger partial charge in [0.25, 0.3) is 11.6 Å². The third-order valence-electron chi connectivity index (χ3n) is 4.60. The molecule has 1 atom stereocenters. The zero-order valence-corrected chi connectivity index (χ0v) is 14.6. The lowest BCUT2D eigenvalue weighted by molar-refractivity contribution is -0.384. The third-order valence-corrected chi connectivity index (χ3v) is 5.30. The maximum atomic E-state index is 12.9. The summed E-state index contributed by atoms with van der Waals surface area (Å²) in [6, 6.07) is 8.27. The Bertz CT molecular complexity index is 934. The maximum absolute atomic E-state index is 12.9. The number of rotatable bonds is 4. The Kier molecular flexibility index (Phi) is 4.26. The minimum absolute atomic E-state index is 0.0212. The van der Waals surface area contributed by atoms with Crippen LogP contribution >= 0.6 is 11.3 Å². The number of nitro benzene ring substituents is 1. The Morgan fingerprint density at radius 2 is 2.08 bits per heavy atom. The van der Waals surface area contributed by atoms with Crippen molar-refractivity contribution in [1.82, 2.24) is 14.7 Å². The van der Waals surface area contributed by atoms with Gasteiger partial charge in [-0.1, -0.05) is 0 Å². The van der Waals surface area contributed by atoms with E-state index in [-0.39, 0.29) is 17.6 Å². The Morgan fingerprint density at radius 3 is 2.77 bits per heavy atom. The SMILES string of the molecule is O=C(c1cnn(-c2ccc([N+](=O)[O-])cc2)c1)N1CCC[C@H]1c1ccsc1. The lowest BCUT2D eigenvalue weighted by atomic mass is 10.1. The summed E-state index contributed by atoms with van der Waals surface area (Å²) in [4.78, 5) is 25.1. The summed E-state index contributed by atoms with van der Waals surface area (Å²) in [5, 5.41) is 19.1. The minimum atomic E-state index is -0.445. The standard InChI is InChI=1S/C18H16N4O3S/c23-18(20-8-1-2-17(20)13-7-9-26-12-13)14-10-19-21(11-14)15-3-5-16(6-4-15)22(24)25/h3-7,9-12,17H,1-2,8H2/t17-/m0/s1. The molecule has 0 unspecified atom stereocenters. The third kappa shape index (κ3) is 2.99. The second-order valence-corrected chi connectivity index (χ2v) is 6.94. The Balaban J connectivity index is 1.55. The molecule has 4 rings (SSSR count). The van der Waals surface area contributed by atoms with Crippen molar-refractivity contribution >= 4 is 22.9 Å². The van der Waals surface area contributed by atoms with Gasteiger partial charge < -0.3 is 4.90 Å². The van der Waals surface area contributed by atoms with Crippen molar-refractivity contribution in [2.75, 3.05) is 6.54 Å². The van der Waals surface area contributed by atoms with Gasteiger partial charge >= 0.3 is 0 Å². The number of nitrogens with zero attached hydrogens (tertiary/aromatic N) is 4. The zero-order valence-electron chi connectivity index (χ0n) is 13.8. The molecule has 0 aliphatic carbocycles. The number of thiophene rings is 1. The molecule has 8 heteroatoms. The molecule has 3 heterocycles. The molecular weight excluding hydrogens is 352 g/mol. The Hall–Kier alpha value is -3.00. The van der Waals surface area contributed by atoms with E-state index in [1.54, 1.807) is 40.5 Å². The number of hydrogen-bond donors (Lipinski definition) is 0. The van der Waals surface area contributed by atoms with Crippen molar-refractivity contribution in [2.24, 2.45) is 0 Å². The lowest BCUT2D eigenvalue weighted by Crippen LogP contribution is -2.30. The molecular formula is C18H16N4O3S. The number of nitro groups is 1. The average Bonchev–Trinajstić information content (AvgIpc) is 3.41. The smallest absolute Gasteiger partial charge is 0.269 e. The van der Waals surface area contributed by atoms with Crippen molar-refractivity contribution in [3.05, 3.63) is 74.7 Å². The van der Waals surface area contributed by atoms with Crippen molar-refractivity contribution in [3.8, 4) is 5.69 Å². The van der Waals surface area contributed by atoms with Gasteiger partial charge in [-0.2, -0.15) is 16.4 Å². The number of likely N-dealkylation sites (tertiary alicyclic amines) is 1. The van der Waals surface area contributed by atoms with E-state index in [4.69, 9.17) is 0 Å². The number of carbonyl (C=O) groups excluding carboxylic acids is 1. The van der Waals surface area contributed by atoms with Crippen molar-refractivity contribution in [1.29, 1.82) is 0 Å². The molecule has 0 radical (unpaired) electrons. The van der Waals surface area contributed by atoms with Crippen LogP contribution in [0.3, 0.4) is 0 Å². The molecule has 1 fully saturated rings. The average molecular weight is 368 g/mol. The van der Waals surface area contributed by atoms with Crippen LogP contribution in [0.15, 0.2) is 53.5 Å². The number of amides is 1. The number of benzene rings is 1. The summed E-state index contributed by atoms with van der Waals surface area (Å²) in [6.07, 6.45) is 5.18. The summed E-state index contributed by atoms with van der Waals surface area (Å²) < 4.78 is 1.56. The van der Waals surface area contributed by atoms with Gasteiger partial charge in [-0.15, -0.1) is 0 Å². The van der Waals surface area contributed by atoms with Crippen LogP contribution in [-0.2, 0) is 0 Å². The van der Waals surface area contributed by atoms with E-state index in [9.17, 15) is 14.9 Å². The molecule has 26 heavy (non-hydrogen) atoms. The number of aromatic nitrogens is 2. The largest absolute Gasteiger partial charge is 0.331 e. The molecule has 1 saturated heterocycles. The molecule has 0 saturated carbocycles. The van der Waals surface area contributed by atoms with Gasteiger partial charge in [-0.25, -0.2) is 4.68 Å². The van der Waals surface area contributed by atoms with E-state index >= 15 is 0 Å². The molecule has 132 valence electrons. The quantitative estimate of drug-likeness (QED) is 0.518. The molecule has 0 N–H and O–H groups in total. The van der Waals surface area contributed by atoms with E-state index in [0.29, 0.717) is 11.3 Å². The summed E-state index contributed by atoms with van der Waals surface area (Å²) in [7, 11) is 0. The van der Waals surface area contributed by atoms with Gasteiger partial charge in [0.1, 0.15) is 0 Å². The van der Waals surface area contributed by atoms with Crippen LogP contribution in [0, 0.1) is 10.1 Å². The molecule has 1 aliphatic rings. The summed E-state index contributed by atoms with van der Waals surface area (Å²) >= 11 is 1.64. The van der Waals surface area contributed by atoms with Crippen LogP contribution in [0.25, 0.3) is 5.69 Å². The Morgan fingerprint density at radius 1 is 1.27 bits per heavy atom. The predicted octanol–water partition coefficient (Wildman–Crippen LogP) is 3.82. The van der Waals surface area contributed by atoms with Crippen molar-refractivity contribution in [2.45, 2.75) is 18.9 Å². The van der Waals surface area contributed by atoms with E-state index in [1.165, 1.54) is 17.7 Å². The first-order valence-corrected chi connectivity index (χ1v) is 9.20. The minimum Gasteiger partial charge on any atom is -0.331 e. The lowest BCUT2D eigenvalue weighted by Gasteiger charge is -2.23. The second kappa shape index (κ2) is 6.72. The highest BCUT2D eigenvalue weighted by Crippen LogP contribution is 2.34. The van der Waals surface area contributed by atoms with Gasteiger partial charge in [-0.05, 0) is 47.4 Å². The second-order valence-electron chi connectivity index (χ2n) is 6.16. The normalized spacial score (nSPS) is 16.8. The van der Waals surface area contributed by atoms with Gasteiger partial charge in [0.05, 0.1) is 28.4 Å². The number of hydrogen-bond acceptors (Lipinski definition) is 5. The highest BCUT2D eigenvalue weighted by Gasteiger charge is 2.31. The fourth-order valence-corrected chi connectivity index (χ4v) is 4.00. The number of non-ortho nitro benzene ring substituents is 1. The van der Waals surface area contributed by atoms with Crippen LogP contribution in [0.5, 0.6) is 0 Å². The monoisotopic (exact) mass is 368 g/mol. The van der Waals surface area contributed by atoms with E-state index < -0.39 is 4.92 Å². The summed E-state index contributed by atoms with van der Waals surface area (Å²) in [6.45, 7) is 0.738. The summed E-state index contributed by atoms with van der Waals surface area (Å²) in [5.41, 5.74) is 2.40. The van der Waals surface area contributed by atoms with Crippen molar-refractivity contribution < 1.29 is 9.72 Å². The van der Waals surface area contributed by atoms with Gasteiger partial charge in [0.15, 0.2) is 0 Å². The number of carbonyl (C=O) groups is 1. The maximum Gasteiger partial charge on any atom is 0.269 e. The van der Waals surface area contributed by atoms with E-state index in [0.717, 1.165) is 19.4 Å². The fourth-order valence-electron chi connectivity index (χ4n) is 3.29. The topological polar surface area (TPSA) is 81.3 Å². The van der Waals surface area contributed by atoms with Gasteiger partial charge in [-0.3, -0.25) is 14.9 Å². The van der Waals surface area contributed by atoms with Crippen molar-refractivity contribution in [3.63, 3.8) is 0 Å². The van der Waals surface area contributed by atoms with Crippen LogP contribution in [-0.4, -0.2) is 32.1 Å². The fraction of sp³-hybridized carbons (Fsp3) is 0.222. The van der Waals surface area contributed by atoms with Gasteiger partial charge in [0.2, 0.25) is 0 Å². The highest BCUT2D eigenvalue weighted by molar-refractivity contribution is 7.08. The van der Waals surface area contributed by atoms with Crippen LogP contribution in [0.4, 0.5) is 5.69 Å². The summed E-state index contributed by atoms with van der Waals surface area (Å²) in [5.74, 6) is -0.0353. The first-order chi connectivity index (χ1) is 12.6. The van der Waals surface area contributed by atoms with Crippen LogP contribution < -0.4 is 0 Å². The van der Waals surface area contributed by atoms with E-state index in [1.807, 2.05) is 10.3 Å². The molecule has 1 amide bonds. The van der Waals surface area contributed by atoms with Crippen LogP contribution in [0.2, 0.25) is 0 Å². The Labute approximate surface area is 153 Å². The highest BCUT2D eigenvalue weighted by atomic mass is 32.1. The van der Waals surface area contributed by atoms with Crippen LogP contribution in [0.1, 0.15) is 34.8 Å².